The number of hydrogen-bond acceptors (Lipinski definition) is 2. The Morgan fingerprint density at radius 1 is 1.67 bits per heavy atom. The summed E-state index contributed by atoms with van der Waals surface area (Å²) in [5.41, 5.74) is 0. The zero-order chi connectivity index (χ0) is 7.11. The highest BCUT2D eigenvalue weighted by molar-refractivity contribution is 5.69. The number of esters is 1. The molecule has 3 nitrogen and oxygen atoms in total. The molecular weight excluding hydrogens is 118 g/mol. The number of carbonyl (C=O) groups excluding carboxylic acids is 1. The van der Waals surface area contributed by atoms with Crippen molar-refractivity contribution < 1.29 is 9.53 Å². The molecule has 0 heterocycles. The molecule has 0 unspecified atom stereocenters. The standard InChI is InChI=1S/C6H12NO2/c1-3-7-5-4-6(8)9-2/h3-5H2,1-2H3. The molecule has 0 aliphatic carbocycles. The van der Waals surface area contributed by atoms with Crippen LogP contribution in [0.2, 0.25) is 0 Å². The molecule has 0 rings (SSSR count). The van der Waals surface area contributed by atoms with E-state index < -0.39 is 0 Å². The molecule has 0 saturated carbocycles. The molecule has 0 aromatic carbocycles. The van der Waals surface area contributed by atoms with Crippen molar-refractivity contribution in [2.75, 3.05) is 20.2 Å². The predicted molar refractivity (Wildman–Crippen MR) is 34.2 cm³/mol. The Hall–Kier alpha value is -0.570. The van der Waals surface area contributed by atoms with Gasteiger partial charge in [-0.25, -0.2) is 5.32 Å². The van der Waals surface area contributed by atoms with E-state index in [1.165, 1.54) is 7.11 Å². The van der Waals surface area contributed by atoms with Gasteiger partial charge in [-0.1, -0.05) is 6.92 Å². The number of hydrogen-bond donors (Lipinski definition) is 0. The largest absolute Gasteiger partial charge is 0.469 e. The average Bonchev–Trinajstić information content (AvgIpc) is 1.89. The van der Waals surface area contributed by atoms with Crippen molar-refractivity contribution in [2.45, 2.75) is 13.3 Å². The van der Waals surface area contributed by atoms with Crippen LogP contribution in [0.1, 0.15) is 13.3 Å². The van der Waals surface area contributed by atoms with Gasteiger partial charge in [-0.2, -0.15) is 0 Å². The van der Waals surface area contributed by atoms with Crippen LogP contribution in [0, 0.1) is 0 Å². The Labute approximate surface area is 55.4 Å². The van der Waals surface area contributed by atoms with Crippen LogP contribution in [-0.2, 0) is 9.53 Å². The third-order valence-electron chi connectivity index (χ3n) is 0.925. The van der Waals surface area contributed by atoms with Crippen LogP contribution in [0.25, 0.3) is 0 Å². The highest BCUT2D eigenvalue weighted by Crippen LogP contribution is 1.80. The highest BCUT2D eigenvalue weighted by atomic mass is 16.5. The van der Waals surface area contributed by atoms with Crippen LogP contribution < -0.4 is 5.32 Å². The van der Waals surface area contributed by atoms with Gasteiger partial charge in [0.2, 0.25) is 0 Å². The minimum Gasteiger partial charge on any atom is -0.469 e. The smallest absolute Gasteiger partial charge is 0.306 e. The molecule has 0 N–H and O–H groups in total. The fourth-order valence-electron chi connectivity index (χ4n) is 0.431. The molecule has 0 saturated heterocycles. The maximum absolute atomic E-state index is 10.4. The summed E-state index contributed by atoms with van der Waals surface area (Å²) >= 11 is 0. The fourth-order valence-corrected chi connectivity index (χ4v) is 0.431. The first-order valence-corrected chi connectivity index (χ1v) is 3.01. The lowest BCUT2D eigenvalue weighted by Gasteiger charge is -1.96. The summed E-state index contributed by atoms with van der Waals surface area (Å²) in [7, 11) is 1.38. The number of methoxy groups -OCH3 is 1. The molecule has 3 heteroatoms. The normalized spacial score (nSPS) is 9.11. The Balaban J connectivity index is 2.97. The van der Waals surface area contributed by atoms with Crippen molar-refractivity contribution in [1.82, 2.24) is 5.32 Å². The lowest BCUT2D eigenvalue weighted by molar-refractivity contribution is -0.140. The Morgan fingerprint density at radius 2 is 2.33 bits per heavy atom. The highest BCUT2D eigenvalue weighted by Gasteiger charge is 1.96. The molecule has 0 aromatic rings. The Kier molecular flexibility index (Phi) is 5.21. The summed E-state index contributed by atoms with van der Waals surface area (Å²) in [6.07, 6.45) is 0.407. The first kappa shape index (κ1) is 8.43. The van der Waals surface area contributed by atoms with E-state index in [0.717, 1.165) is 6.54 Å². The van der Waals surface area contributed by atoms with Gasteiger partial charge in [-0.15, -0.1) is 0 Å². The van der Waals surface area contributed by atoms with Crippen LogP contribution in [-0.4, -0.2) is 26.2 Å². The van der Waals surface area contributed by atoms with Gasteiger partial charge in [0.25, 0.3) is 0 Å². The zero-order valence-corrected chi connectivity index (χ0v) is 5.89. The van der Waals surface area contributed by atoms with Crippen molar-refractivity contribution in [2.24, 2.45) is 0 Å². The summed E-state index contributed by atoms with van der Waals surface area (Å²) in [6, 6.07) is 0. The predicted octanol–water partition coefficient (Wildman–Crippen LogP) is 0.174. The molecule has 1 radical (unpaired) electrons. The lowest BCUT2D eigenvalue weighted by Crippen LogP contribution is -2.11. The van der Waals surface area contributed by atoms with Crippen LogP contribution in [0.15, 0.2) is 0 Å². The van der Waals surface area contributed by atoms with Gasteiger partial charge < -0.3 is 4.74 Å². The SMILES string of the molecule is CC[N]CCC(=O)OC. The van der Waals surface area contributed by atoms with E-state index in [4.69, 9.17) is 0 Å². The number of rotatable bonds is 4. The third-order valence-corrected chi connectivity index (χ3v) is 0.925. The molecule has 0 bridgehead atoms. The number of carbonyl (C=O) groups is 1. The first-order valence-electron chi connectivity index (χ1n) is 3.01. The summed E-state index contributed by atoms with van der Waals surface area (Å²) in [6.45, 7) is 3.30. The van der Waals surface area contributed by atoms with Crippen molar-refractivity contribution in [1.29, 1.82) is 0 Å². The van der Waals surface area contributed by atoms with Gasteiger partial charge in [0.05, 0.1) is 13.5 Å². The van der Waals surface area contributed by atoms with Crippen molar-refractivity contribution in [3.63, 3.8) is 0 Å². The van der Waals surface area contributed by atoms with E-state index in [0.29, 0.717) is 13.0 Å². The second-order valence-corrected chi connectivity index (χ2v) is 1.59. The van der Waals surface area contributed by atoms with Crippen molar-refractivity contribution >= 4 is 5.97 Å². The minimum atomic E-state index is -0.188. The molecule has 0 aliphatic heterocycles. The number of nitrogens with zero attached hydrogens (tertiary/aromatic N) is 1. The van der Waals surface area contributed by atoms with Gasteiger partial charge in [-0.3, -0.25) is 4.79 Å². The van der Waals surface area contributed by atoms with Gasteiger partial charge in [0.1, 0.15) is 0 Å². The zero-order valence-electron chi connectivity index (χ0n) is 5.89. The monoisotopic (exact) mass is 130 g/mol. The van der Waals surface area contributed by atoms with Gasteiger partial charge in [0.15, 0.2) is 0 Å². The van der Waals surface area contributed by atoms with Crippen LogP contribution >= 0.6 is 0 Å². The van der Waals surface area contributed by atoms with E-state index in [-0.39, 0.29) is 5.97 Å². The van der Waals surface area contributed by atoms with Crippen molar-refractivity contribution in [3.05, 3.63) is 0 Å². The van der Waals surface area contributed by atoms with E-state index in [2.05, 4.69) is 10.1 Å². The van der Waals surface area contributed by atoms with Crippen molar-refractivity contribution in [3.8, 4) is 0 Å². The van der Waals surface area contributed by atoms with Gasteiger partial charge in [-0.05, 0) is 0 Å². The average molecular weight is 130 g/mol. The second kappa shape index (κ2) is 5.56. The molecule has 0 amide bonds. The molecule has 0 spiro atoms. The summed E-state index contributed by atoms with van der Waals surface area (Å²) in [5.74, 6) is -0.188. The second-order valence-electron chi connectivity index (χ2n) is 1.59. The Bertz CT molecular complexity index is 83.1. The van der Waals surface area contributed by atoms with Crippen LogP contribution in [0.5, 0.6) is 0 Å². The van der Waals surface area contributed by atoms with Gasteiger partial charge in [0, 0.05) is 13.1 Å². The molecule has 0 aliphatic rings. The van der Waals surface area contributed by atoms with E-state index in [9.17, 15) is 4.79 Å². The summed E-state index contributed by atoms with van der Waals surface area (Å²) in [4.78, 5) is 10.4. The third kappa shape index (κ3) is 5.30. The molecule has 0 atom stereocenters. The quantitative estimate of drug-likeness (QED) is 0.402. The van der Waals surface area contributed by atoms with E-state index in [1.54, 1.807) is 0 Å². The molecule has 0 aromatic heterocycles. The number of ether oxygens (including phenoxy) is 1. The van der Waals surface area contributed by atoms with Crippen LogP contribution in [0.4, 0.5) is 0 Å². The fraction of sp³-hybridized carbons (Fsp3) is 0.833. The summed E-state index contributed by atoms with van der Waals surface area (Å²) < 4.78 is 4.40. The van der Waals surface area contributed by atoms with Gasteiger partial charge >= 0.3 is 5.97 Å². The maximum atomic E-state index is 10.4. The maximum Gasteiger partial charge on any atom is 0.306 e. The summed E-state index contributed by atoms with van der Waals surface area (Å²) in [5, 5.41) is 3.96. The van der Waals surface area contributed by atoms with Crippen LogP contribution in [0.3, 0.4) is 0 Å². The lowest BCUT2D eigenvalue weighted by atomic mass is 10.4. The topological polar surface area (TPSA) is 40.4 Å². The van der Waals surface area contributed by atoms with E-state index >= 15 is 0 Å². The van der Waals surface area contributed by atoms with E-state index in [1.807, 2.05) is 6.92 Å². The molecule has 0 fully saturated rings. The Morgan fingerprint density at radius 3 is 2.78 bits per heavy atom. The molecule has 53 valence electrons. The molecular formula is C6H12NO2. The molecule has 9 heavy (non-hydrogen) atoms. The minimum absolute atomic E-state index is 0.188. The first-order chi connectivity index (χ1) is 4.31.